The first-order valence-corrected chi connectivity index (χ1v) is 8.16. The molecule has 0 spiro atoms. The first-order chi connectivity index (χ1) is 8.94. The molecule has 6 nitrogen and oxygen atoms in total. The van der Waals surface area contributed by atoms with Crippen molar-refractivity contribution in [1.82, 2.24) is 14.9 Å². The highest BCUT2D eigenvalue weighted by Gasteiger charge is 2.36. The lowest BCUT2D eigenvalue weighted by Gasteiger charge is -2.41. The third-order valence-corrected chi connectivity index (χ3v) is 5.67. The van der Waals surface area contributed by atoms with Crippen LogP contribution in [0.4, 0.5) is 0 Å². The summed E-state index contributed by atoms with van der Waals surface area (Å²) in [6.45, 7) is 4.53. The van der Waals surface area contributed by atoms with Crippen molar-refractivity contribution in [3.05, 3.63) is 11.3 Å². The lowest BCUT2D eigenvalue weighted by atomic mass is 9.67. The van der Waals surface area contributed by atoms with Crippen LogP contribution in [0.15, 0.2) is 5.03 Å². The minimum absolute atomic E-state index is 0.0399. The number of hydrogen-bond donors (Lipinski definition) is 3. The summed E-state index contributed by atoms with van der Waals surface area (Å²) in [6, 6.07) is 0. The Morgan fingerprint density at radius 1 is 1.47 bits per heavy atom. The van der Waals surface area contributed by atoms with Gasteiger partial charge in [0.25, 0.3) is 10.0 Å². The van der Waals surface area contributed by atoms with Gasteiger partial charge in [-0.15, -0.1) is 0 Å². The summed E-state index contributed by atoms with van der Waals surface area (Å²) in [4.78, 5) is 0. The molecule has 0 atom stereocenters. The van der Waals surface area contributed by atoms with Crippen molar-refractivity contribution < 1.29 is 8.42 Å². The summed E-state index contributed by atoms with van der Waals surface area (Å²) in [6.07, 6.45) is 4.37. The fourth-order valence-corrected chi connectivity index (χ4v) is 3.90. The van der Waals surface area contributed by atoms with Gasteiger partial charge in [-0.3, -0.25) is 5.10 Å². The van der Waals surface area contributed by atoms with Crippen LogP contribution < -0.4 is 10.5 Å². The van der Waals surface area contributed by atoms with E-state index in [0.29, 0.717) is 17.8 Å². The molecule has 0 amide bonds. The van der Waals surface area contributed by atoms with Gasteiger partial charge in [0.15, 0.2) is 5.03 Å². The van der Waals surface area contributed by atoms with Crippen LogP contribution in [0.25, 0.3) is 0 Å². The predicted molar refractivity (Wildman–Crippen MR) is 73.0 cm³/mol. The van der Waals surface area contributed by atoms with Gasteiger partial charge in [-0.1, -0.05) is 13.3 Å². The zero-order chi connectivity index (χ0) is 14.1. The summed E-state index contributed by atoms with van der Waals surface area (Å²) < 4.78 is 27.2. The number of sulfonamides is 1. The first kappa shape index (κ1) is 14.5. The van der Waals surface area contributed by atoms with Crippen molar-refractivity contribution in [2.75, 3.05) is 6.54 Å². The van der Waals surface area contributed by atoms with E-state index >= 15 is 0 Å². The van der Waals surface area contributed by atoms with Crippen LogP contribution in [-0.4, -0.2) is 25.2 Å². The molecule has 0 saturated heterocycles. The molecule has 1 saturated carbocycles. The number of H-pyrrole nitrogens is 1. The Morgan fingerprint density at radius 2 is 2.16 bits per heavy atom. The van der Waals surface area contributed by atoms with E-state index in [9.17, 15) is 8.42 Å². The molecule has 1 aromatic rings. The van der Waals surface area contributed by atoms with Gasteiger partial charge >= 0.3 is 0 Å². The zero-order valence-electron chi connectivity index (χ0n) is 11.5. The number of rotatable bonds is 6. The molecular formula is C12H22N4O2S. The summed E-state index contributed by atoms with van der Waals surface area (Å²) in [5, 5.41) is 6.60. The number of aromatic nitrogens is 2. The van der Waals surface area contributed by atoms with Gasteiger partial charge < -0.3 is 5.73 Å². The van der Waals surface area contributed by atoms with Crippen LogP contribution in [-0.2, 0) is 16.6 Å². The molecule has 2 rings (SSSR count). The van der Waals surface area contributed by atoms with Gasteiger partial charge in [0.2, 0.25) is 0 Å². The molecule has 1 fully saturated rings. The average Bonchev–Trinajstić information content (AvgIpc) is 2.70. The smallest absolute Gasteiger partial charge is 0.260 e. The van der Waals surface area contributed by atoms with E-state index in [1.54, 1.807) is 6.92 Å². The van der Waals surface area contributed by atoms with E-state index in [-0.39, 0.29) is 17.0 Å². The second-order valence-electron chi connectivity index (χ2n) is 5.37. The fraction of sp³-hybridized carbons (Fsp3) is 0.750. The largest absolute Gasteiger partial charge is 0.326 e. The van der Waals surface area contributed by atoms with Gasteiger partial charge in [-0.05, 0) is 31.6 Å². The maximum Gasteiger partial charge on any atom is 0.260 e. The van der Waals surface area contributed by atoms with E-state index in [1.165, 1.54) is 6.42 Å². The maximum atomic E-state index is 12.3. The van der Waals surface area contributed by atoms with Crippen molar-refractivity contribution >= 4 is 10.0 Å². The highest BCUT2D eigenvalue weighted by Crippen LogP contribution is 2.43. The Hall–Kier alpha value is -0.920. The second kappa shape index (κ2) is 5.22. The summed E-state index contributed by atoms with van der Waals surface area (Å²) in [5.74, 6) is 0. The molecule has 108 valence electrons. The van der Waals surface area contributed by atoms with Gasteiger partial charge in [0.1, 0.15) is 0 Å². The molecule has 4 N–H and O–H groups in total. The molecule has 0 radical (unpaired) electrons. The Bertz CT molecular complexity index is 541. The van der Waals surface area contributed by atoms with Gasteiger partial charge in [-0.2, -0.15) is 5.10 Å². The van der Waals surface area contributed by atoms with E-state index in [4.69, 9.17) is 5.73 Å². The Labute approximate surface area is 114 Å². The van der Waals surface area contributed by atoms with E-state index in [2.05, 4.69) is 21.8 Å². The van der Waals surface area contributed by atoms with Crippen molar-refractivity contribution in [2.24, 2.45) is 11.1 Å². The first-order valence-electron chi connectivity index (χ1n) is 6.68. The Balaban J connectivity index is 2.14. The number of nitrogens with zero attached hydrogens (tertiary/aromatic N) is 1. The molecule has 0 aromatic carbocycles. The highest BCUT2D eigenvalue weighted by molar-refractivity contribution is 7.89. The third kappa shape index (κ3) is 2.68. The SMILES string of the molecule is CCC1(CNS(=O)(=O)c2n[nH]c(C)c2CN)CCC1. The van der Waals surface area contributed by atoms with Crippen LogP contribution in [0.3, 0.4) is 0 Å². The molecule has 0 unspecified atom stereocenters. The minimum Gasteiger partial charge on any atom is -0.326 e. The highest BCUT2D eigenvalue weighted by atomic mass is 32.2. The molecular weight excluding hydrogens is 264 g/mol. The Kier molecular flexibility index (Phi) is 3.98. The molecule has 1 aromatic heterocycles. The number of aryl methyl sites for hydroxylation is 1. The molecule has 1 aliphatic carbocycles. The number of aromatic amines is 1. The predicted octanol–water partition coefficient (Wildman–Crippen LogP) is 1.04. The number of nitrogens with two attached hydrogens (primary N) is 1. The van der Waals surface area contributed by atoms with Crippen LogP contribution in [0.5, 0.6) is 0 Å². The molecule has 19 heavy (non-hydrogen) atoms. The molecule has 0 bridgehead atoms. The molecule has 7 heteroatoms. The normalized spacial score (nSPS) is 18.3. The molecule has 1 heterocycles. The quantitative estimate of drug-likeness (QED) is 0.727. The van der Waals surface area contributed by atoms with Crippen molar-refractivity contribution in [3.63, 3.8) is 0 Å². The summed E-state index contributed by atoms with van der Waals surface area (Å²) >= 11 is 0. The number of nitrogens with one attached hydrogen (secondary N) is 2. The average molecular weight is 286 g/mol. The monoisotopic (exact) mass is 286 g/mol. The van der Waals surface area contributed by atoms with Crippen LogP contribution in [0.1, 0.15) is 43.9 Å². The van der Waals surface area contributed by atoms with Crippen LogP contribution in [0, 0.1) is 12.3 Å². The van der Waals surface area contributed by atoms with E-state index < -0.39 is 10.0 Å². The Morgan fingerprint density at radius 3 is 2.63 bits per heavy atom. The van der Waals surface area contributed by atoms with Gasteiger partial charge in [0.05, 0.1) is 0 Å². The maximum absolute atomic E-state index is 12.3. The van der Waals surface area contributed by atoms with Crippen LogP contribution in [0.2, 0.25) is 0 Å². The summed E-state index contributed by atoms with van der Waals surface area (Å²) in [5.41, 5.74) is 6.99. The van der Waals surface area contributed by atoms with Gasteiger partial charge in [-0.25, -0.2) is 13.1 Å². The minimum atomic E-state index is -3.57. The molecule has 1 aliphatic rings. The fourth-order valence-electron chi connectivity index (χ4n) is 2.54. The van der Waals surface area contributed by atoms with Crippen molar-refractivity contribution in [2.45, 2.75) is 51.1 Å². The molecule has 0 aliphatic heterocycles. The summed E-state index contributed by atoms with van der Waals surface area (Å²) in [7, 11) is -3.57. The topological polar surface area (TPSA) is 101 Å². The van der Waals surface area contributed by atoms with Crippen molar-refractivity contribution in [3.8, 4) is 0 Å². The number of hydrogen-bond acceptors (Lipinski definition) is 4. The lowest BCUT2D eigenvalue weighted by Crippen LogP contribution is -2.41. The van der Waals surface area contributed by atoms with Gasteiger partial charge in [0, 0.05) is 24.3 Å². The van der Waals surface area contributed by atoms with Crippen LogP contribution >= 0.6 is 0 Å². The standard InChI is InChI=1S/C12H22N4O2S/c1-3-12(5-4-6-12)8-14-19(17,18)11-10(7-13)9(2)15-16-11/h14H,3-8,13H2,1-2H3,(H,15,16). The third-order valence-electron chi connectivity index (χ3n) is 4.30. The second-order valence-corrected chi connectivity index (χ2v) is 7.05. The van der Waals surface area contributed by atoms with E-state index in [0.717, 1.165) is 19.3 Å². The lowest BCUT2D eigenvalue weighted by molar-refractivity contribution is 0.133. The zero-order valence-corrected chi connectivity index (χ0v) is 12.3. The van der Waals surface area contributed by atoms with Crippen molar-refractivity contribution in [1.29, 1.82) is 0 Å². The van der Waals surface area contributed by atoms with E-state index in [1.807, 2.05) is 0 Å².